The summed E-state index contributed by atoms with van der Waals surface area (Å²) in [6.07, 6.45) is 3.01. The van der Waals surface area contributed by atoms with Crippen LogP contribution in [0.1, 0.15) is 64.1 Å². The fourth-order valence-corrected chi connectivity index (χ4v) is 4.88. The highest BCUT2D eigenvalue weighted by Gasteiger charge is 2.43. The smallest absolute Gasteiger partial charge is 0.335 e. The van der Waals surface area contributed by atoms with Crippen molar-refractivity contribution in [1.29, 1.82) is 0 Å². The maximum absolute atomic E-state index is 13.1. The zero-order valence-corrected chi connectivity index (χ0v) is 19.6. The van der Waals surface area contributed by atoms with E-state index in [9.17, 15) is 14.7 Å². The Balaban J connectivity index is 1.54. The number of hydrogen-bond donors (Lipinski definition) is 3. The second-order valence-corrected chi connectivity index (χ2v) is 9.76. The first-order valence-corrected chi connectivity index (χ1v) is 11.5. The number of nitrogens with zero attached hydrogens (tertiary/aromatic N) is 1. The molecule has 0 fully saturated rings. The number of hydrogen-bond acceptors (Lipinski definition) is 4. The summed E-state index contributed by atoms with van der Waals surface area (Å²) in [7, 11) is 0. The van der Waals surface area contributed by atoms with Gasteiger partial charge >= 0.3 is 5.97 Å². The number of fused-ring (bicyclic) bond motifs is 2. The zero-order chi connectivity index (χ0) is 24.8. The number of carbonyl (C=O) groups excluding carboxylic acids is 1. The Kier molecular flexibility index (Phi) is 5.41. The average molecular weight is 467 g/mol. The van der Waals surface area contributed by atoms with Gasteiger partial charge in [-0.25, -0.2) is 4.79 Å². The van der Waals surface area contributed by atoms with Crippen LogP contribution in [0.15, 0.2) is 79.0 Å². The molecule has 4 aromatic rings. The summed E-state index contributed by atoms with van der Waals surface area (Å²) in [6, 6.07) is 21.2. The molecule has 0 aliphatic heterocycles. The predicted octanol–water partition coefficient (Wildman–Crippen LogP) is 5.49. The number of nitrogens with one attached hydrogen (secondary N) is 1. The SMILES string of the molecule is CC1(C)CCC(O)(c2cnc3ccccc3c2)c2cc(C(=O)Nc3ccc(C(=O)O)cc3)ccc21. The molecule has 0 saturated carbocycles. The first-order chi connectivity index (χ1) is 16.7. The molecule has 1 amide bonds. The Morgan fingerprint density at radius 1 is 0.886 bits per heavy atom. The molecule has 3 N–H and O–H groups in total. The highest BCUT2D eigenvalue weighted by molar-refractivity contribution is 6.04. The van der Waals surface area contributed by atoms with Crippen molar-refractivity contribution in [2.45, 2.75) is 37.7 Å². The van der Waals surface area contributed by atoms with Gasteiger partial charge in [-0.1, -0.05) is 38.1 Å². The molecule has 1 aromatic heterocycles. The maximum Gasteiger partial charge on any atom is 0.335 e. The number of carboxylic acids is 1. The molecule has 1 atom stereocenters. The van der Waals surface area contributed by atoms with Crippen LogP contribution in [0.5, 0.6) is 0 Å². The Morgan fingerprint density at radius 3 is 2.34 bits per heavy atom. The predicted molar refractivity (Wildman–Crippen MR) is 135 cm³/mol. The Morgan fingerprint density at radius 2 is 1.60 bits per heavy atom. The summed E-state index contributed by atoms with van der Waals surface area (Å²) in [5.74, 6) is -1.36. The van der Waals surface area contributed by atoms with Crippen LogP contribution in [0.4, 0.5) is 5.69 Å². The van der Waals surface area contributed by atoms with Crippen LogP contribution in [0, 0.1) is 0 Å². The van der Waals surface area contributed by atoms with Gasteiger partial charge in [0.1, 0.15) is 5.60 Å². The molecular formula is C29H26N2O4. The number of anilines is 1. The van der Waals surface area contributed by atoms with E-state index in [4.69, 9.17) is 5.11 Å². The van der Waals surface area contributed by atoms with Gasteiger partial charge in [-0.2, -0.15) is 0 Å². The normalized spacial score (nSPS) is 18.6. The molecule has 1 aliphatic carbocycles. The summed E-state index contributed by atoms with van der Waals surface area (Å²) >= 11 is 0. The minimum Gasteiger partial charge on any atom is -0.478 e. The quantitative estimate of drug-likeness (QED) is 0.369. The van der Waals surface area contributed by atoms with E-state index in [0.29, 0.717) is 28.8 Å². The molecule has 1 unspecified atom stereocenters. The Labute approximate surface area is 203 Å². The zero-order valence-electron chi connectivity index (χ0n) is 19.6. The highest BCUT2D eigenvalue weighted by atomic mass is 16.4. The van der Waals surface area contributed by atoms with E-state index in [1.54, 1.807) is 30.5 Å². The molecule has 3 aromatic carbocycles. The first-order valence-electron chi connectivity index (χ1n) is 11.5. The molecule has 176 valence electrons. The van der Waals surface area contributed by atoms with E-state index in [-0.39, 0.29) is 16.9 Å². The molecule has 0 radical (unpaired) electrons. The standard InChI is InChI=1S/C29H26N2O4/c1-28(2)13-14-29(35,21-15-19-5-3-4-6-25(19)30-17-21)24-16-20(9-12-23(24)28)26(32)31-22-10-7-18(8-11-22)27(33)34/h3-12,15-17,35H,13-14H2,1-2H3,(H,31,32)(H,33,34). The summed E-state index contributed by atoms with van der Waals surface area (Å²) in [5.41, 5.74) is 2.89. The van der Waals surface area contributed by atoms with Crippen molar-refractivity contribution in [2.24, 2.45) is 0 Å². The third-order valence-electron chi connectivity index (χ3n) is 7.03. The number of carboxylic acid groups (broad SMARTS) is 1. The van der Waals surface area contributed by atoms with Gasteiger partial charge in [-0.05, 0) is 77.9 Å². The fourth-order valence-electron chi connectivity index (χ4n) is 4.88. The fraction of sp³-hybridized carbons (Fsp3) is 0.207. The lowest BCUT2D eigenvalue weighted by Crippen LogP contribution is -2.39. The number of rotatable bonds is 4. The van der Waals surface area contributed by atoms with Crippen molar-refractivity contribution in [3.05, 3.63) is 107 Å². The van der Waals surface area contributed by atoms with Crippen LogP contribution in [0.25, 0.3) is 10.9 Å². The maximum atomic E-state index is 13.1. The number of aliphatic hydroxyl groups is 1. The van der Waals surface area contributed by atoms with E-state index < -0.39 is 11.6 Å². The summed E-state index contributed by atoms with van der Waals surface area (Å²) in [5, 5.41) is 24.9. The van der Waals surface area contributed by atoms with Crippen molar-refractivity contribution < 1.29 is 19.8 Å². The summed E-state index contributed by atoms with van der Waals surface area (Å²) in [4.78, 5) is 28.7. The first kappa shape index (κ1) is 22.7. The lowest BCUT2D eigenvalue weighted by molar-refractivity contribution is 0.0494. The molecule has 0 bridgehead atoms. The highest BCUT2D eigenvalue weighted by Crippen LogP contribution is 2.48. The summed E-state index contributed by atoms with van der Waals surface area (Å²) < 4.78 is 0. The average Bonchev–Trinajstić information content (AvgIpc) is 2.86. The molecule has 0 saturated heterocycles. The van der Waals surface area contributed by atoms with Gasteiger partial charge in [0.15, 0.2) is 0 Å². The minimum atomic E-state index is -1.28. The molecule has 1 aliphatic rings. The molecular weight excluding hydrogens is 440 g/mol. The third-order valence-corrected chi connectivity index (χ3v) is 7.03. The Bertz CT molecular complexity index is 1460. The van der Waals surface area contributed by atoms with E-state index in [1.165, 1.54) is 12.1 Å². The van der Waals surface area contributed by atoms with E-state index in [0.717, 1.165) is 22.9 Å². The number of para-hydroxylation sites is 1. The number of aromatic carboxylic acids is 1. The number of benzene rings is 3. The van der Waals surface area contributed by atoms with Crippen LogP contribution in [-0.2, 0) is 11.0 Å². The molecule has 1 heterocycles. The largest absolute Gasteiger partial charge is 0.478 e. The molecule has 6 heteroatoms. The van der Waals surface area contributed by atoms with Gasteiger partial charge < -0.3 is 15.5 Å². The van der Waals surface area contributed by atoms with Crippen LogP contribution >= 0.6 is 0 Å². The summed E-state index contributed by atoms with van der Waals surface area (Å²) in [6.45, 7) is 4.29. The lowest BCUT2D eigenvalue weighted by atomic mass is 9.65. The van der Waals surface area contributed by atoms with Crippen molar-refractivity contribution in [3.8, 4) is 0 Å². The van der Waals surface area contributed by atoms with Crippen molar-refractivity contribution in [2.75, 3.05) is 5.32 Å². The van der Waals surface area contributed by atoms with Crippen LogP contribution in [0.2, 0.25) is 0 Å². The molecule has 6 nitrogen and oxygen atoms in total. The van der Waals surface area contributed by atoms with Gasteiger partial charge in [0.25, 0.3) is 5.91 Å². The van der Waals surface area contributed by atoms with Gasteiger partial charge in [0.05, 0.1) is 11.1 Å². The second-order valence-electron chi connectivity index (χ2n) is 9.76. The van der Waals surface area contributed by atoms with Crippen LogP contribution in [0.3, 0.4) is 0 Å². The minimum absolute atomic E-state index is 0.146. The van der Waals surface area contributed by atoms with Crippen LogP contribution in [-0.4, -0.2) is 27.1 Å². The molecule has 35 heavy (non-hydrogen) atoms. The molecule has 0 spiro atoms. The van der Waals surface area contributed by atoms with Crippen LogP contribution < -0.4 is 5.32 Å². The van der Waals surface area contributed by atoms with Crippen molar-refractivity contribution >= 4 is 28.5 Å². The van der Waals surface area contributed by atoms with Crippen molar-refractivity contribution in [3.63, 3.8) is 0 Å². The van der Waals surface area contributed by atoms with E-state index in [2.05, 4.69) is 24.1 Å². The third kappa shape index (κ3) is 4.06. The number of carbonyl (C=O) groups is 2. The molecule has 5 rings (SSSR count). The van der Waals surface area contributed by atoms with Gasteiger partial charge in [-0.3, -0.25) is 9.78 Å². The van der Waals surface area contributed by atoms with Gasteiger partial charge in [-0.15, -0.1) is 0 Å². The van der Waals surface area contributed by atoms with Gasteiger partial charge in [0.2, 0.25) is 0 Å². The monoisotopic (exact) mass is 466 g/mol. The number of aromatic nitrogens is 1. The number of amides is 1. The topological polar surface area (TPSA) is 99.5 Å². The number of pyridine rings is 1. The van der Waals surface area contributed by atoms with E-state index >= 15 is 0 Å². The van der Waals surface area contributed by atoms with Crippen molar-refractivity contribution in [1.82, 2.24) is 4.98 Å². The lowest BCUT2D eigenvalue weighted by Gasteiger charge is -2.42. The Hall–Kier alpha value is -4.03. The second kappa shape index (κ2) is 8.32. The van der Waals surface area contributed by atoms with Gasteiger partial charge in [0, 0.05) is 28.4 Å². The van der Waals surface area contributed by atoms with E-state index in [1.807, 2.05) is 36.4 Å².